The maximum Gasteiger partial charge on any atom is 0.154 e. The molecule has 0 saturated heterocycles. The Labute approximate surface area is 121 Å². The molecule has 5 heteroatoms. The van der Waals surface area contributed by atoms with Crippen LogP contribution in [0.1, 0.15) is 31.9 Å². The molecule has 1 aromatic heterocycles. The van der Waals surface area contributed by atoms with Crippen molar-refractivity contribution in [2.75, 3.05) is 6.54 Å². The number of halogens is 1. The molecule has 102 valence electrons. The lowest BCUT2D eigenvalue weighted by Crippen LogP contribution is -2.19. The average molecular weight is 296 g/mol. The van der Waals surface area contributed by atoms with Gasteiger partial charge in [0.25, 0.3) is 0 Å². The Morgan fingerprint density at radius 1 is 1.47 bits per heavy atom. The summed E-state index contributed by atoms with van der Waals surface area (Å²) < 4.78 is 14.9. The van der Waals surface area contributed by atoms with E-state index in [-0.39, 0.29) is 11.9 Å². The summed E-state index contributed by atoms with van der Waals surface area (Å²) in [6, 6.07) is 5.60. The first-order valence-corrected chi connectivity index (χ1v) is 8.00. The Bertz CT molecular complexity index is 514. The first-order valence-electron chi connectivity index (χ1n) is 6.31. The Balaban J connectivity index is 2.08. The minimum atomic E-state index is -0.178. The second kappa shape index (κ2) is 7.03. The van der Waals surface area contributed by atoms with Gasteiger partial charge in [0.2, 0.25) is 0 Å². The van der Waals surface area contributed by atoms with Crippen molar-refractivity contribution in [3.63, 3.8) is 0 Å². The molecule has 2 nitrogen and oxygen atoms in total. The fraction of sp³-hybridized carbons (Fsp3) is 0.357. The Hall–Kier alpha value is -0.910. The van der Waals surface area contributed by atoms with Crippen LogP contribution in [0.4, 0.5) is 4.39 Å². The molecule has 0 bridgehead atoms. The molecule has 2 rings (SSSR count). The van der Waals surface area contributed by atoms with Crippen molar-refractivity contribution >= 4 is 23.1 Å². The largest absolute Gasteiger partial charge is 0.310 e. The minimum absolute atomic E-state index is 0.174. The van der Waals surface area contributed by atoms with Crippen LogP contribution in [0, 0.1) is 5.82 Å². The van der Waals surface area contributed by atoms with Gasteiger partial charge < -0.3 is 5.32 Å². The summed E-state index contributed by atoms with van der Waals surface area (Å²) in [5, 5.41) is 5.25. The number of benzene rings is 1. The van der Waals surface area contributed by atoms with Crippen LogP contribution in [-0.4, -0.2) is 11.5 Å². The number of nitrogens with one attached hydrogen (secondary N) is 1. The Kier molecular flexibility index (Phi) is 5.36. The van der Waals surface area contributed by atoms with E-state index in [0.29, 0.717) is 4.90 Å². The van der Waals surface area contributed by atoms with Gasteiger partial charge in [-0.1, -0.05) is 24.8 Å². The number of nitrogens with zero attached hydrogens (tertiary/aromatic N) is 1. The molecule has 1 atom stereocenters. The maximum atomic E-state index is 14.1. The van der Waals surface area contributed by atoms with Crippen LogP contribution in [-0.2, 0) is 0 Å². The zero-order chi connectivity index (χ0) is 13.7. The molecular formula is C14H17FN2S2. The van der Waals surface area contributed by atoms with Gasteiger partial charge in [0.1, 0.15) is 5.82 Å². The summed E-state index contributed by atoms with van der Waals surface area (Å²) in [6.45, 7) is 5.12. The normalized spacial score (nSPS) is 12.6. The molecule has 0 amide bonds. The van der Waals surface area contributed by atoms with Gasteiger partial charge in [0.05, 0.1) is 4.90 Å². The molecular weight excluding hydrogens is 279 g/mol. The highest BCUT2D eigenvalue weighted by Gasteiger charge is 2.10. The van der Waals surface area contributed by atoms with Gasteiger partial charge in [-0.3, -0.25) is 0 Å². The van der Waals surface area contributed by atoms with Crippen molar-refractivity contribution in [2.45, 2.75) is 35.5 Å². The first kappa shape index (κ1) is 14.5. The lowest BCUT2D eigenvalue weighted by Gasteiger charge is -2.14. The quantitative estimate of drug-likeness (QED) is 0.850. The molecule has 1 unspecified atom stereocenters. The standard InChI is InChI=1S/C14H17FN2S2/c1-3-6-16-10(2)11-4-5-13(12(15)9-11)19-14-17-7-8-18-14/h4-5,7-10,16H,3,6H2,1-2H3. The second-order valence-corrected chi connectivity index (χ2v) is 6.45. The van der Waals surface area contributed by atoms with E-state index in [1.807, 2.05) is 17.5 Å². The molecule has 0 fully saturated rings. The van der Waals surface area contributed by atoms with Gasteiger partial charge in [-0.2, -0.15) is 0 Å². The predicted octanol–water partition coefficient (Wildman–Crippen LogP) is 4.49. The van der Waals surface area contributed by atoms with Crippen LogP contribution >= 0.6 is 23.1 Å². The van der Waals surface area contributed by atoms with Crippen LogP contribution in [0.25, 0.3) is 0 Å². The topological polar surface area (TPSA) is 24.9 Å². The molecule has 0 radical (unpaired) electrons. The van der Waals surface area contributed by atoms with Gasteiger partial charge in [-0.05, 0) is 37.6 Å². The van der Waals surface area contributed by atoms with Gasteiger partial charge in [0.15, 0.2) is 4.34 Å². The van der Waals surface area contributed by atoms with E-state index in [9.17, 15) is 4.39 Å². The third-order valence-electron chi connectivity index (χ3n) is 2.76. The number of hydrogen-bond acceptors (Lipinski definition) is 4. The SMILES string of the molecule is CCCNC(C)c1ccc(Sc2nccs2)c(F)c1. The summed E-state index contributed by atoms with van der Waals surface area (Å²) in [7, 11) is 0. The van der Waals surface area contributed by atoms with E-state index < -0.39 is 0 Å². The Morgan fingerprint density at radius 3 is 2.95 bits per heavy atom. The zero-order valence-corrected chi connectivity index (χ0v) is 12.7. The summed E-state index contributed by atoms with van der Waals surface area (Å²) in [4.78, 5) is 4.78. The second-order valence-electron chi connectivity index (χ2n) is 4.27. The van der Waals surface area contributed by atoms with E-state index in [2.05, 4.69) is 24.1 Å². The molecule has 0 aliphatic heterocycles. The highest BCUT2D eigenvalue weighted by atomic mass is 32.2. The number of aromatic nitrogens is 1. The average Bonchev–Trinajstić information content (AvgIpc) is 2.91. The number of thiazole rings is 1. The highest BCUT2D eigenvalue weighted by molar-refractivity contribution is 8.01. The van der Waals surface area contributed by atoms with Gasteiger partial charge in [-0.25, -0.2) is 9.37 Å². The third kappa shape index (κ3) is 4.03. The molecule has 1 heterocycles. The van der Waals surface area contributed by atoms with E-state index >= 15 is 0 Å². The van der Waals surface area contributed by atoms with Gasteiger partial charge in [0, 0.05) is 17.6 Å². The van der Waals surface area contributed by atoms with Crippen LogP contribution in [0.3, 0.4) is 0 Å². The molecule has 0 spiro atoms. The molecule has 1 N–H and O–H groups in total. The summed E-state index contributed by atoms with van der Waals surface area (Å²) >= 11 is 2.89. The maximum absolute atomic E-state index is 14.1. The lowest BCUT2D eigenvalue weighted by atomic mass is 10.1. The molecule has 1 aromatic carbocycles. The Morgan fingerprint density at radius 2 is 2.32 bits per heavy atom. The highest BCUT2D eigenvalue weighted by Crippen LogP contribution is 2.32. The lowest BCUT2D eigenvalue weighted by molar-refractivity contribution is 0.556. The first-order chi connectivity index (χ1) is 9.20. The van der Waals surface area contributed by atoms with Crippen LogP contribution in [0.5, 0.6) is 0 Å². The molecule has 0 saturated carbocycles. The predicted molar refractivity (Wildman–Crippen MR) is 79.3 cm³/mol. The van der Waals surface area contributed by atoms with Crippen molar-refractivity contribution in [3.8, 4) is 0 Å². The molecule has 2 aromatic rings. The van der Waals surface area contributed by atoms with Crippen molar-refractivity contribution < 1.29 is 4.39 Å². The van der Waals surface area contributed by atoms with E-state index in [1.165, 1.54) is 23.1 Å². The van der Waals surface area contributed by atoms with Crippen LogP contribution in [0.2, 0.25) is 0 Å². The van der Waals surface area contributed by atoms with Crippen molar-refractivity contribution in [3.05, 3.63) is 41.2 Å². The van der Waals surface area contributed by atoms with E-state index in [4.69, 9.17) is 0 Å². The van der Waals surface area contributed by atoms with Gasteiger partial charge >= 0.3 is 0 Å². The third-order valence-corrected chi connectivity index (χ3v) is 4.70. The van der Waals surface area contributed by atoms with E-state index in [1.54, 1.807) is 12.3 Å². The smallest absolute Gasteiger partial charge is 0.154 e. The zero-order valence-electron chi connectivity index (χ0n) is 11.0. The molecule has 0 aliphatic carbocycles. The van der Waals surface area contributed by atoms with Gasteiger partial charge in [-0.15, -0.1) is 11.3 Å². The fourth-order valence-electron chi connectivity index (χ4n) is 1.70. The molecule has 19 heavy (non-hydrogen) atoms. The van der Waals surface area contributed by atoms with Crippen LogP contribution in [0.15, 0.2) is 39.0 Å². The minimum Gasteiger partial charge on any atom is -0.310 e. The molecule has 0 aliphatic rings. The van der Waals surface area contributed by atoms with Crippen LogP contribution < -0.4 is 5.32 Å². The number of hydrogen-bond donors (Lipinski definition) is 1. The monoisotopic (exact) mass is 296 g/mol. The summed E-state index contributed by atoms with van der Waals surface area (Å²) in [5.74, 6) is -0.178. The van der Waals surface area contributed by atoms with E-state index in [0.717, 1.165) is 22.9 Å². The summed E-state index contributed by atoms with van der Waals surface area (Å²) in [6.07, 6.45) is 2.81. The van der Waals surface area contributed by atoms with Crippen molar-refractivity contribution in [1.82, 2.24) is 10.3 Å². The van der Waals surface area contributed by atoms with Crippen molar-refractivity contribution in [1.29, 1.82) is 0 Å². The van der Waals surface area contributed by atoms with Crippen molar-refractivity contribution in [2.24, 2.45) is 0 Å². The number of rotatable bonds is 6. The summed E-state index contributed by atoms with van der Waals surface area (Å²) in [5.41, 5.74) is 0.981. The fourth-order valence-corrected chi connectivity index (χ4v) is 3.29.